The highest BCUT2D eigenvalue weighted by Gasteiger charge is 2.43. The molecular weight excluding hydrogens is 350 g/mol. The van der Waals surface area contributed by atoms with Crippen molar-refractivity contribution in [1.82, 2.24) is 15.6 Å². The largest absolute Gasteiger partial charge is 0.355 e. The lowest BCUT2D eigenvalue weighted by Gasteiger charge is -2.18. The van der Waals surface area contributed by atoms with E-state index in [0.29, 0.717) is 11.3 Å². The molecule has 1 aromatic carbocycles. The average molecular weight is 376 g/mol. The molecule has 134 valence electrons. The maximum absolute atomic E-state index is 4.59. The van der Waals surface area contributed by atoms with E-state index in [1.807, 2.05) is 37.8 Å². The zero-order valence-corrected chi connectivity index (χ0v) is 16.6. The topological polar surface area (TPSA) is 52.6 Å². The molecule has 2 aromatic rings. The molecule has 0 spiro atoms. The summed E-state index contributed by atoms with van der Waals surface area (Å²) < 4.78 is 0.303. The van der Waals surface area contributed by atoms with Gasteiger partial charge in [0.15, 0.2) is 11.1 Å². The van der Waals surface area contributed by atoms with Crippen LogP contribution in [0.1, 0.15) is 18.5 Å². The Labute approximate surface area is 158 Å². The van der Waals surface area contributed by atoms with Gasteiger partial charge in [0.1, 0.15) is 0 Å². The number of anilines is 1. The van der Waals surface area contributed by atoms with Gasteiger partial charge in [-0.15, -0.1) is 23.1 Å². The van der Waals surface area contributed by atoms with Crippen molar-refractivity contribution >= 4 is 34.2 Å². The summed E-state index contributed by atoms with van der Waals surface area (Å²) >= 11 is 3.63. The zero-order chi connectivity index (χ0) is 17.7. The van der Waals surface area contributed by atoms with E-state index in [4.69, 9.17) is 0 Å². The van der Waals surface area contributed by atoms with Gasteiger partial charge in [0.25, 0.3) is 0 Å². The molecule has 1 fully saturated rings. The highest BCUT2D eigenvalue weighted by atomic mass is 32.2. The van der Waals surface area contributed by atoms with Crippen molar-refractivity contribution in [1.29, 1.82) is 0 Å². The van der Waals surface area contributed by atoms with E-state index in [1.54, 1.807) is 11.3 Å². The number of thiazole rings is 1. The van der Waals surface area contributed by atoms with Crippen molar-refractivity contribution in [3.8, 4) is 0 Å². The Morgan fingerprint density at radius 2 is 2.04 bits per heavy atom. The molecule has 0 unspecified atom stereocenters. The quantitative estimate of drug-likeness (QED) is 0.575. The first kappa shape index (κ1) is 18.1. The van der Waals surface area contributed by atoms with Gasteiger partial charge >= 0.3 is 0 Å². The van der Waals surface area contributed by atoms with Crippen LogP contribution in [-0.4, -0.2) is 43.4 Å². The summed E-state index contributed by atoms with van der Waals surface area (Å²) in [4.78, 5) is 12.3. The molecule has 1 aliphatic rings. The predicted octanol–water partition coefficient (Wildman–Crippen LogP) is 3.20. The lowest BCUT2D eigenvalue weighted by Crippen LogP contribution is -2.40. The maximum Gasteiger partial charge on any atom is 0.191 e. The van der Waals surface area contributed by atoms with Crippen LogP contribution in [0, 0.1) is 0 Å². The van der Waals surface area contributed by atoms with Crippen LogP contribution in [0.2, 0.25) is 0 Å². The lowest BCUT2D eigenvalue weighted by molar-refractivity contribution is 0.761. The second kappa shape index (κ2) is 8.10. The smallest absolute Gasteiger partial charge is 0.191 e. The molecule has 1 aromatic heterocycles. The van der Waals surface area contributed by atoms with Gasteiger partial charge in [0.05, 0.1) is 12.2 Å². The maximum atomic E-state index is 4.59. The molecule has 2 N–H and O–H groups in total. The number of aliphatic imine (C=N–C) groups is 1. The second-order valence-electron chi connectivity index (χ2n) is 6.39. The van der Waals surface area contributed by atoms with E-state index in [1.165, 1.54) is 17.7 Å². The summed E-state index contributed by atoms with van der Waals surface area (Å²) in [5, 5.41) is 9.94. The fourth-order valence-electron chi connectivity index (χ4n) is 2.42. The summed E-state index contributed by atoms with van der Waals surface area (Å²) in [5.74, 6) is 0.833. The van der Waals surface area contributed by atoms with Gasteiger partial charge in [-0.1, -0.05) is 18.2 Å². The van der Waals surface area contributed by atoms with Crippen LogP contribution in [0.5, 0.6) is 0 Å². The van der Waals surface area contributed by atoms with Gasteiger partial charge in [0, 0.05) is 42.7 Å². The molecule has 25 heavy (non-hydrogen) atoms. The standard InChI is InChI=1S/C18H25N5S2/c1-19-16(20-11-14-12-24-17(22-14)23(2)3)21-13-18(9-10-18)25-15-7-5-4-6-8-15/h4-8,12H,9-11,13H2,1-3H3,(H2,19,20,21). The Bertz CT molecular complexity index is 707. The summed E-state index contributed by atoms with van der Waals surface area (Å²) in [6.07, 6.45) is 2.49. The predicted molar refractivity (Wildman–Crippen MR) is 109 cm³/mol. The molecule has 5 nitrogen and oxygen atoms in total. The van der Waals surface area contributed by atoms with Crippen LogP contribution in [0.4, 0.5) is 5.13 Å². The third-order valence-corrected chi connectivity index (χ3v) is 6.60. The number of benzene rings is 1. The first-order valence-electron chi connectivity index (χ1n) is 8.40. The van der Waals surface area contributed by atoms with Crippen LogP contribution in [0.25, 0.3) is 0 Å². The SMILES string of the molecule is CN=C(NCc1csc(N(C)C)n1)NCC1(Sc2ccccc2)CC1. The van der Waals surface area contributed by atoms with Crippen LogP contribution in [-0.2, 0) is 6.54 Å². The molecule has 0 saturated heterocycles. The van der Waals surface area contributed by atoms with E-state index in [-0.39, 0.29) is 0 Å². The van der Waals surface area contributed by atoms with E-state index >= 15 is 0 Å². The minimum atomic E-state index is 0.303. The monoisotopic (exact) mass is 375 g/mol. The van der Waals surface area contributed by atoms with Crippen molar-refractivity contribution in [3.63, 3.8) is 0 Å². The normalized spacial score (nSPS) is 15.7. The van der Waals surface area contributed by atoms with Crippen LogP contribution in [0.15, 0.2) is 45.6 Å². The zero-order valence-electron chi connectivity index (χ0n) is 15.0. The molecule has 3 rings (SSSR count). The van der Waals surface area contributed by atoms with Crippen molar-refractivity contribution < 1.29 is 0 Å². The Hall–Kier alpha value is -1.73. The number of thioether (sulfide) groups is 1. The van der Waals surface area contributed by atoms with E-state index in [0.717, 1.165) is 23.3 Å². The van der Waals surface area contributed by atoms with E-state index in [2.05, 4.69) is 56.3 Å². The Kier molecular flexibility index (Phi) is 5.86. The van der Waals surface area contributed by atoms with Gasteiger partial charge in [-0.2, -0.15) is 0 Å². The van der Waals surface area contributed by atoms with Crippen LogP contribution >= 0.6 is 23.1 Å². The fraction of sp³-hybridized carbons (Fsp3) is 0.444. The highest BCUT2D eigenvalue weighted by Crippen LogP contribution is 2.51. The molecule has 1 heterocycles. The minimum absolute atomic E-state index is 0.303. The minimum Gasteiger partial charge on any atom is -0.355 e. The van der Waals surface area contributed by atoms with Gasteiger partial charge < -0.3 is 15.5 Å². The average Bonchev–Trinajstić information content (AvgIpc) is 3.20. The third kappa shape index (κ3) is 5.12. The fourth-order valence-corrected chi connectivity index (χ4v) is 4.42. The van der Waals surface area contributed by atoms with Gasteiger partial charge in [0.2, 0.25) is 0 Å². The molecule has 0 amide bonds. The van der Waals surface area contributed by atoms with Crippen molar-refractivity contribution in [3.05, 3.63) is 41.4 Å². The molecule has 1 aliphatic carbocycles. The van der Waals surface area contributed by atoms with Crippen molar-refractivity contribution in [2.24, 2.45) is 4.99 Å². The molecule has 1 saturated carbocycles. The Balaban J connectivity index is 1.47. The summed E-state index contributed by atoms with van der Waals surface area (Å²) in [5.41, 5.74) is 1.04. The number of nitrogens with zero attached hydrogens (tertiary/aromatic N) is 3. The third-order valence-electron chi connectivity index (χ3n) is 4.05. The number of aromatic nitrogens is 1. The van der Waals surface area contributed by atoms with Gasteiger partial charge in [-0.3, -0.25) is 4.99 Å². The molecule has 0 radical (unpaired) electrons. The Morgan fingerprint density at radius 3 is 2.64 bits per heavy atom. The first-order chi connectivity index (χ1) is 12.1. The van der Waals surface area contributed by atoms with E-state index in [9.17, 15) is 0 Å². The summed E-state index contributed by atoms with van der Waals surface area (Å²) in [6, 6.07) is 10.6. The number of guanidine groups is 1. The molecule has 0 bridgehead atoms. The van der Waals surface area contributed by atoms with Gasteiger partial charge in [-0.05, 0) is 25.0 Å². The van der Waals surface area contributed by atoms with E-state index < -0.39 is 0 Å². The number of hydrogen-bond donors (Lipinski definition) is 2. The number of hydrogen-bond acceptors (Lipinski definition) is 5. The van der Waals surface area contributed by atoms with Gasteiger partial charge in [-0.25, -0.2) is 4.98 Å². The van der Waals surface area contributed by atoms with Crippen LogP contribution in [0.3, 0.4) is 0 Å². The molecule has 0 atom stereocenters. The number of nitrogens with one attached hydrogen (secondary N) is 2. The van der Waals surface area contributed by atoms with Crippen molar-refractivity contribution in [2.45, 2.75) is 29.0 Å². The highest BCUT2D eigenvalue weighted by molar-refractivity contribution is 8.01. The number of rotatable bonds is 7. The molecule has 0 aliphatic heterocycles. The van der Waals surface area contributed by atoms with Crippen molar-refractivity contribution in [2.75, 3.05) is 32.6 Å². The molecular formula is C18H25N5S2. The second-order valence-corrected chi connectivity index (χ2v) is 8.77. The summed E-state index contributed by atoms with van der Waals surface area (Å²) in [6.45, 7) is 1.61. The first-order valence-corrected chi connectivity index (χ1v) is 10.1. The summed E-state index contributed by atoms with van der Waals surface area (Å²) in [7, 11) is 5.83. The lowest BCUT2D eigenvalue weighted by atomic mass is 10.4. The molecule has 7 heteroatoms. The Morgan fingerprint density at radius 1 is 1.28 bits per heavy atom. The van der Waals surface area contributed by atoms with Crippen LogP contribution < -0.4 is 15.5 Å².